The van der Waals surface area contributed by atoms with Crippen molar-refractivity contribution in [3.8, 4) is 11.3 Å². The van der Waals surface area contributed by atoms with Gasteiger partial charge < -0.3 is 4.98 Å². The van der Waals surface area contributed by atoms with Crippen LogP contribution in [0.1, 0.15) is 0 Å². The molecule has 5 N–H and O–H groups in total. The second-order valence-electron chi connectivity index (χ2n) is 4.23. The van der Waals surface area contributed by atoms with E-state index < -0.39 is 0 Å². The first kappa shape index (κ1) is 10.8. The maximum Gasteiger partial charge on any atom is 0.0718 e. The molecule has 0 radical (unpaired) electrons. The molecule has 0 amide bonds. The maximum absolute atomic E-state index is 5.52. The van der Waals surface area contributed by atoms with Gasteiger partial charge in [-0.3, -0.25) is 0 Å². The highest BCUT2D eigenvalue weighted by molar-refractivity contribution is 5.88. The lowest BCUT2D eigenvalue weighted by Crippen LogP contribution is -2.37. The number of benzene rings is 2. The zero-order valence-corrected chi connectivity index (χ0v) is 9.80. The Morgan fingerprint density at radius 2 is 1.67 bits per heavy atom. The van der Waals surface area contributed by atoms with Gasteiger partial charge in [0.1, 0.15) is 0 Å². The summed E-state index contributed by atoms with van der Waals surface area (Å²) in [5, 5.41) is 2.25. The van der Waals surface area contributed by atoms with E-state index in [2.05, 4.69) is 23.2 Å². The summed E-state index contributed by atoms with van der Waals surface area (Å²) in [4.78, 5) is 3.37. The van der Waals surface area contributed by atoms with Crippen molar-refractivity contribution in [3.05, 3.63) is 54.6 Å². The number of fused-ring (bicyclic) bond motifs is 1. The van der Waals surface area contributed by atoms with Crippen LogP contribution >= 0.6 is 0 Å². The Labute approximate surface area is 105 Å². The quantitative estimate of drug-likeness (QED) is 0.474. The molecule has 0 atom stereocenters. The Hall–Kier alpha value is -2.30. The number of hydrazine groups is 2. The third-order valence-electron chi connectivity index (χ3n) is 2.99. The van der Waals surface area contributed by atoms with Gasteiger partial charge in [-0.2, -0.15) is 0 Å². The van der Waals surface area contributed by atoms with Crippen LogP contribution in [-0.4, -0.2) is 4.98 Å². The van der Waals surface area contributed by atoms with Crippen LogP contribution in [0.25, 0.3) is 22.2 Å². The number of anilines is 1. The molecule has 2 aromatic carbocycles. The SMILES string of the molecule is NN(N)c1ccc2cc(-c3ccccc3)[nH]c2c1. The highest BCUT2D eigenvalue weighted by atomic mass is 15.6. The van der Waals surface area contributed by atoms with Gasteiger partial charge in [0.05, 0.1) is 5.69 Å². The zero-order chi connectivity index (χ0) is 12.5. The van der Waals surface area contributed by atoms with Crippen molar-refractivity contribution >= 4 is 16.6 Å². The van der Waals surface area contributed by atoms with Crippen LogP contribution in [0.5, 0.6) is 0 Å². The van der Waals surface area contributed by atoms with Crippen molar-refractivity contribution in [2.24, 2.45) is 11.7 Å². The minimum Gasteiger partial charge on any atom is -0.354 e. The molecule has 0 saturated carbocycles. The van der Waals surface area contributed by atoms with Gasteiger partial charge in [-0.05, 0) is 23.8 Å². The molecule has 0 unspecified atom stereocenters. The van der Waals surface area contributed by atoms with Crippen LogP contribution in [0.2, 0.25) is 0 Å². The molecule has 0 saturated heterocycles. The second-order valence-corrected chi connectivity index (χ2v) is 4.23. The van der Waals surface area contributed by atoms with Gasteiger partial charge in [-0.15, -0.1) is 0 Å². The monoisotopic (exact) mass is 238 g/mol. The van der Waals surface area contributed by atoms with Crippen molar-refractivity contribution < 1.29 is 0 Å². The van der Waals surface area contributed by atoms with Crippen molar-refractivity contribution in [1.82, 2.24) is 4.98 Å². The van der Waals surface area contributed by atoms with E-state index in [0.717, 1.165) is 33.0 Å². The summed E-state index contributed by atoms with van der Waals surface area (Å²) >= 11 is 0. The van der Waals surface area contributed by atoms with Gasteiger partial charge in [-0.25, -0.2) is 16.8 Å². The van der Waals surface area contributed by atoms with Gasteiger partial charge in [0.15, 0.2) is 0 Å². The number of hydrogen-bond donors (Lipinski definition) is 3. The molecule has 4 heteroatoms. The van der Waals surface area contributed by atoms with Crippen LogP contribution in [0.4, 0.5) is 5.69 Å². The van der Waals surface area contributed by atoms with Crippen LogP contribution < -0.4 is 16.8 Å². The first-order chi connectivity index (χ1) is 8.74. The molecule has 1 aromatic heterocycles. The molecule has 90 valence electrons. The van der Waals surface area contributed by atoms with E-state index in [1.807, 2.05) is 36.4 Å². The number of rotatable bonds is 2. The molecule has 0 aliphatic heterocycles. The number of nitrogens with zero attached hydrogens (tertiary/aromatic N) is 1. The average molecular weight is 238 g/mol. The zero-order valence-electron chi connectivity index (χ0n) is 9.80. The molecule has 0 bridgehead atoms. The fourth-order valence-electron chi connectivity index (χ4n) is 2.05. The summed E-state index contributed by atoms with van der Waals surface area (Å²) in [6, 6.07) is 18.1. The van der Waals surface area contributed by atoms with Gasteiger partial charge in [0.25, 0.3) is 0 Å². The van der Waals surface area contributed by atoms with E-state index in [9.17, 15) is 0 Å². The summed E-state index contributed by atoms with van der Waals surface area (Å²) in [6.07, 6.45) is 0. The second kappa shape index (κ2) is 4.18. The van der Waals surface area contributed by atoms with Crippen molar-refractivity contribution in [2.75, 3.05) is 5.12 Å². The van der Waals surface area contributed by atoms with Crippen molar-refractivity contribution in [3.63, 3.8) is 0 Å². The van der Waals surface area contributed by atoms with E-state index >= 15 is 0 Å². The molecule has 3 aromatic rings. The predicted molar refractivity (Wildman–Crippen MR) is 74.6 cm³/mol. The van der Waals surface area contributed by atoms with E-state index in [1.165, 1.54) is 0 Å². The summed E-state index contributed by atoms with van der Waals surface area (Å²) in [7, 11) is 0. The standard InChI is InChI=1S/C14H14N4/c15-18(16)12-7-6-11-8-13(17-14(11)9-12)10-4-2-1-3-5-10/h1-9,17H,15-16H2. The summed E-state index contributed by atoms with van der Waals surface area (Å²) < 4.78 is 0. The molecule has 0 aliphatic carbocycles. The van der Waals surface area contributed by atoms with Gasteiger partial charge in [0.2, 0.25) is 0 Å². The molecular formula is C14H14N4. The largest absolute Gasteiger partial charge is 0.354 e. The van der Waals surface area contributed by atoms with E-state index in [1.54, 1.807) is 0 Å². The van der Waals surface area contributed by atoms with Crippen molar-refractivity contribution in [2.45, 2.75) is 0 Å². The Balaban J connectivity index is 2.11. The van der Waals surface area contributed by atoms with Gasteiger partial charge >= 0.3 is 0 Å². The molecule has 4 nitrogen and oxygen atoms in total. The van der Waals surface area contributed by atoms with Crippen LogP contribution in [-0.2, 0) is 0 Å². The fraction of sp³-hybridized carbons (Fsp3) is 0. The molecule has 0 spiro atoms. The Morgan fingerprint density at radius 3 is 2.39 bits per heavy atom. The minimum atomic E-state index is 0.768. The van der Waals surface area contributed by atoms with E-state index in [4.69, 9.17) is 11.7 Å². The van der Waals surface area contributed by atoms with E-state index in [-0.39, 0.29) is 0 Å². The summed E-state index contributed by atoms with van der Waals surface area (Å²) in [5.41, 5.74) is 4.03. The average Bonchev–Trinajstić information content (AvgIpc) is 2.82. The smallest absolute Gasteiger partial charge is 0.0718 e. The number of aromatic nitrogens is 1. The molecule has 3 rings (SSSR count). The molecule has 0 fully saturated rings. The molecule has 0 aliphatic rings. The van der Waals surface area contributed by atoms with E-state index in [0.29, 0.717) is 0 Å². The Morgan fingerprint density at radius 1 is 0.889 bits per heavy atom. The number of nitrogens with one attached hydrogen (secondary N) is 1. The highest BCUT2D eigenvalue weighted by Crippen LogP contribution is 2.26. The lowest BCUT2D eigenvalue weighted by Gasteiger charge is -2.10. The topological polar surface area (TPSA) is 71.1 Å². The van der Waals surface area contributed by atoms with Crippen LogP contribution in [0, 0.1) is 0 Å². The number of hydrogen-bond acceptors (Lipinski definition) is 3. The fourth-order valence-corrected chi connectivity index (χ4v) is 2.05. The predicted octanol–water partition coefficient (Wildman–Crippen LogP) is 2.39. The minimum absolute atomic E-state index is 0.768. The van der Waals surface area contributed by atoms with Crippen molar-refractivity contribution in [1.29, 1.82) is 0 Å². The number of aromatic amines is 1. The Kier molecular flexibility index (Phi) is 2.51. The van der Waals surface area contributed by atoms with Crippen LogP contribution in [0.15, 0.2) is 54.6 Å². The number of H-pyrrole nitrogens is 1. The lowest BCUT2D eigenvalue weighted by atomic mass is 10.1. The third-order valence-corrected chi connectivity index (χ3v) is 2.99. The first-order valence-electron chi connectivity index (χ1n) is 5.72. The molecule has 1 heterocycles. The van der Waals surface area contributed by atoms with Gasteiger partial charge in [-0.1, -0.05) is 36.4 Å². The summed E-state index contributed by atoms with van der Waals surface area (Å²) in [5.74, 6) is 11.0. The maximum atomic E-state index is 5.52. The first-order valence-corrected chi connectivity index (χ1v) is 5.72. The Bertz CT molecular complexity index is 671. The molecule has 18 heavy (non-hydrogen) atoms. The van der Waals surface area contributed by atoms with Crippen LogP contribution in [0.3, 0.4) is 0 Å². The summed E-state index contributed by atoms with van der Waals surface area (Å²) in [6.45, 7) is 0. The number of nitrogens with two attached hydrogens (primary N) is 2. The highest BCUT2D eigenvalue weighted by Gasteiger charge is 2.04. The van der Waals surface area contributed by atoms with Gasteiger partial charge in [0, 0.05) is 16.6 Å². The third kappa shape index (κ3) is 1.84. The lowest BCUT2D eigenvalue weighted by molar-refractivity contribution is 0.926. The molecular weight excluding hydrogens is 224 g/mol. The normalized spacial score (nSPS) is 10.8.